The number of halogens is 2. The largest absolute Gasteiger partial charge is 0.354 e. The molecular weight excluding hydrogens is 329 g/mol. The number of hydrogen-bond donors (Lipinski definition) is 1. The molecule has 0 bridgehead atoms. The van der Waals surface area contributed by atoms with Gasteiger partial charge in [-0.1, -0.05) is 23.7 Å². The first kappa shape index (κ1) is 16.7. The molecule has 1 fully saturated rings. The van der Waals surface area contributed by atoms with E-state index in [9.17, 15) is 9.18 Å². The molecule has 1 aromatic carbocycles. The Morgan fingerprint density at radius 1 is 1.38 bits per heavy atom. The minimum Gasteiger partial charge on any atom is -0.354 e. The van der Waals surface area contributed by atoms with Crippen LogP contribution in [0.25, 0.3) is 0 Å². The molecule has 0 spiro atoms. The standard InChI is InChI=1S/C18H19ClFN3O/c19-15-11-13(4-6-16(15)20)5-7-18(24)22-14-8-10-23(12-14)17-3-1-2-9-21-17/h1-4,6,9,11,14H,5,7-8,10,12H2,(H,22,24). The van der Waals surface area contributed by atoms with E-state index < -0.39 is 5.82 Å². The van der Waals surface area contributed by atoms with E-state index in [0.717, 1.165) is 30.9 Å². The van der Waals surface area contributed by atoms with Gasteiger partial charge in [-0.3, -0.25) is 4.79 Å². The second-order valence-corrected chi connectivity index (χ2v) is 6.34. The molecule has 1 aliphatic heterocycles. The quantitative estimate of drug-likeness (QED) is 0.903. The van der Waals surface area contributed by atoms with Gasteiger partial charge in [-0.15, -0.1) is 0 Å². The third kappa shape index (κ3) is 4.23. The van der Waals surface area contributed by atoms with Crippen molar-refractivity contribution in [2.75, 3.05) is 18.0 Å². The first-order valence-corrected chi connectivity index (χ1v) is 8.39. The van der Waals surface area contributed by atoms with Gasteiger partial charge in [-0.05, 0) is 42.7 Å². The van der Waals surface area contributed by atoms with Gasteiger partial charge in [0.2, 0.25) is 5.91 Å². The Hall–Kier alpha value is -2.14. The van der Waals surface area contributed by atoms with Crippen LogP contribution in [0.3, 0.4) is 0 Å². The maximum atomic E-state index is 13.1. The number of anilines is 1. The lowest BCUT2D eigenvalue weighted by molar-refractivity contribution is -0.121. The molecule has 4 nitrogen and oxygen atoms in total. The number of carbonyl (C=O) groups excluding carboxylic acids is 1. The van der Waals surface area contributed by atoms with Crippen molar-refractivity contribution in [1.82, 2.24) is 10.3 Å². The molecule has 1 amide bonds. The van der Waals surface area contributed by atoms with Crippen molar-refractivity contribution in [3.8, 4) is 0 Å². The number of aryl methyl sites for hydroxylation is 1. The molecule has 0 saturated carbocycles. The summed E-state index contributed by atoms with van der Waals surface area (Å²) >= 11 is 5.75. The van der Waals surface area contributed by atoms with Crippen molar-refractivity contribution in [2.45, 2.75) is 25.3 Å². The predicted molar refractivity (Wildman–Crippen MR) is 92.7 cm³/mol. The minimum absolute atomic E-state index is 0.00307. The van der Waals surface area contributed by atoms with Crippen LogP contribution in [0.5, 0.6) is 0 Å². The summed E-state index contributed by atoms with van der Waals surface area (Å²) in [6, 6.07) is 10.5. The average molecular weight is 348 g/mol. The molecule has 1 aliphatic rings. The minimum atomic E-state index is -0.439. The van der Waals surface area contributed by atoms with Crippen molar-refractivity contribution in [3.05, 3.63) is 59.0 Å². The van der Waals surface area contributed by atoms with Crippen LogP contribution < -0.4 is 10.2 Å². The summed E-state index contributed by atoms with van der Waals surface area (Å²) in [4.78, 5) is 18.6. The molecule has 0 aliphatic carbocycles. The number of pyridine rings is 1. The number of nitrogens with one attached hydrogen (secondary N) is 1. The zero-order valence-corrected chi connectivity index (χ0v) is 14.0. The molecule has 1 N–H and O–H groups in total. The number of aromatic nitrogens is 1. The van der Waals surface area contributed by atoms with Crippen molar-refractivity contribution >= 4 is 23.3 Å². The molecule has 3 rings (SSSR count). The van der Waals surface area contributed by atoms with E-state index in [0.29, 0.717) is 12.8 Å². The van der Waals surface area contributed by atoms with E-state index in [4.69, 9.17) is 11.6 Å². The molecule has 24 heavy (non-hydrogen) atoms. The predicted octanol–water partition coefficient (Wildman–Crippen LogP) is 3.20. The van der Waals surface area contributed by atoms with Crippen LogP contribution in [-0.2, 0) is 11.2 Å². The molecule has 0 radical (unpaired) electrons. The Labute approximate surface area is 145 Å². The Balaban J connectivity index is 1.46. The Kier molecular flexibility index (Phi) is 5.30. The monoisotopic (exact) mass is 347 g/mol. The van der Waals surface area contributed by atoms with Crippen molar-refractivity contribution in [3.63, 3.8) is 0 Å². The van der Waals surface area contributed by atoms with Gasteiger partial charge in [-0.2, -0.15) is 0 Å². The van der Waals surface area contributed by atoms with E-state index in [2.05, 4.69) is 15.2 Å². The molecule has 1 unspecified atom stereocenters. The van der Waals surface area contributed by atoms with E-state index in [1.54, 1.807) is 18.3 Å². The maximum absolute atomic E-state index is 13.1. The molecule has 126 valence electrons. The number of carbonyl (C=O) groups is 1. The highest BCUT2D eigenvalue weighted by Crippen LogP contribution is 2.18. The number of hydrogen-bond acceptors (Lipinski definition) is 3. The van der Waals surface area contributed by atoms with E-state index in [-0.39, 0.29) is 17.0 Å². The van der Waals surface area contributed by atoms with Gasteiger partial charge in [0.25, 0.3) is 0 Å². The normalized spacial score (nSPS) is 17.1. The van der Waals surface area contributed by atoms with Crippen LogP contribution in [0.4, 0.5) is 10.2 Å². The summed E-state index contributed by atoms with van der Waals surface area (Å²) in [5, 5.41) is 3.15. The molecule has 6 heteroatoms. The second kappa shape index (κ2) is 7.62. The average Bonchev–Trinajstić information content (AvgIpc) is 3.05. The molecule has 2 heterocycles. The fraction of sp³-hybridized carbons (Fsp3) is 0.333. The van der Waals surface area contributed by atoms with Gasteiger partial charge in [-0.25, -0.2) is 9.37 Å². The van der Waals surface area contributed by atoms with Crippen molar-refractivity contribution < 1.29 is 9.18 Å². The number of benzene rings is 1. The van der Waals surface area contributed by atoms with Crippen LogP contribution in [0, 0.1) is 5.82 Å². The number of amides is 1. The highest BCUT2D eigenvalue weighted by Gasteiger charge is 2.24. The van der Waals surface area contributed by atoms with Gasteiger partial charge in [0.15, 0.2) is 0 Å². The SMILES string of the molecule is O=C(CCc1ccc(F)c(Cl)c1)NC1CCN(c2ccccn2)C1. The van der Waals surface area contributed by atoms with Crippen molar-refractivity contribution in [1.29, 1.82) is 0 Å². The molecule has 1 atom stereocenters. The van der Waals surface area contributed by atoms with Crippen LogP contribution >= 0.6 is 11.6 Å². The number of nitrogens with zero attached hydrogens (tertiary/aromatic N) is 2. The lowest BCUT2D eigenvalue weighted by Gasteiger charge is -2.17. The fourth-order valence-electron chi connectivity index (χ4n) is 2.88. The zero-order valence-electron chi connectivity index (χ0n) is 13.2. The Morgan fingerprint density at radius 3 is 3.00 bits per heavy atom. The summed E-state index contributed by atoms with van der Waals surface area (Å²) in [7, 11) is 0. The third-order valence-electron chi connectivity index (χ3n) is 4.15. The van der Waals surface area contributed by atoms with Gasteiger partial charge in [0, 0.05) is 31.7 Å². The van der Waals surface area contributed by atoms with E-state index in [1.807, 2.05) is 18.2 Å². The zero-order chi connectivity index (χ0) is 16.9. The van der Waals surface area contributed by atoms with Gasteiger partial charge in [0.05, 0.1) is 5.02 Å². The molecular formula is C18H19ClFN3O. The summed E-state index contributed by atoms with van der Waals surface area (Å²) in [6.45, 7) is 1.65. The molecule has 2 aromatic rings. The van der Waals surface area contributed by atoms with E-state index >= 15 is 0 Å². The van der Waals surface area contributed by atoms with Crippen LogP contribution in [0.1, 0.15) is 18.4 Å². The third-order valence-corrected chi connectivity index (χ3v) is 4.44. The Bertz CT molecular complexity index is 711. The maximum Gasteiger partial charge on any atom is 0.220 e. The molecule has 1 saturated heterocycles. The first-order chi connectivity index (χ1) is 11.6. The van der Waals surface area contributed by atoms with Gasteiger partial charge < -0.3 is 10.2 Å². The second-order valence-electron chi connectivity index (χ2n) is 5.94. The number of rotatable bonds is 5. The fourth-order valence-corrected chi connectivity index (χ4v) is 3.08. The van der Waals surface area contributed by atoms with Gasteiger partial charge >= 0.3 is 0 Å². The summed E-state index contributed by atoms with van der Waals surface area (Å²) in [6.07, 6.45) is 3.59. The summed E-state index contributed by atoms with van der Waals surface area (Å²) in [5.41, 5.74) is 0.859. The highest BCUT2D eigenvalue weighted by atomic mass is 35.5. The topological polar surface area (TPSA) is 45.2 Å². The summed E-state index contributed by atoms with van der Waals surface area (Å²) in [5.74, 6) is 0.504. The van der Waals surface area contributed by atoms with Crippen LogP contribution in [0.15, 0.2) is 42.6 Å². The first-order valence-electron chi connectivity index (χ1n) is 8.01. The van der Waals surface area contributed by atoms with Crippen molar-refractivity contribution in [2.24, 2.45) is 0 Å². The molecule has 1 aromatic heterocycles. The highest BCUT2D eigenvalue weighted by molar-refractivity contribution is 6.30. The van der Waals surface area contributed by atoms with E-state index in [1.165, 1.54) is 6.07 Å². The smallest absolute Gasteiger partial charge is 0.220 e. The Morgan fingerprint density at radius 2 is 2.25 bits per heavy atom. The van der Waals surface area contributed by atoms with Crippen LogP contribution in [0.2, 0.25) is 5.02 Å². The summed E-state index contributed by atoms with van der Waals surface area (Å²) < 4.78 is 13.1. The van der Waals surface area contributed by atoms with Gasteiger partial charge in [0.1, 0.15) is 11.6 Å². The lowest BCUT2D eigenvalue weighted by atomic mass is 10.1. The van der Waals surface area contributed by atoms with Crippen LogP contribution in [-0.4, -0.2) is 30.0 Å². The lowest BCUT2D eigenvalue weighted by Crippen LogP contribution is -2.37.